The molecule has 0 unspecified atom stereocenters. The van der Waals surface area contributed by atoms with Gasteiger partial charge in [-0.05, 0) is 36.0 Å². The van der Waals surface area contributed by atoms with Crippen LogP contribution in [0.1, 0.15) is 43.7 Å². The van der Waals surface area contributed by atoms with Crippen LogP contribution in [0, 0.1) is 5.41 Å². The predicted molar refractivity (Wildman–Crippen MR) is 83.8 cm³/mol. The highest BCUT2D eigenvalue weighted by atomic mass is 16.5. The van der Waals surface area contributed by atoms with E-state index in [1.807, 2.05) is 18.2 Å². The maximum absolute atomic E-state index is 8.76. The van der Waals surface area contributed by atoms with Crippen molar-refractivity contribution in [1.82, 2.24) is 5.32 Å². The maximum Gasteiger partial charge on any atom is 0.173 e. The van der Waals surface area contributed by atoms with Gasteiger partial charge in [-0.15, -0.1) is 0 Å². The number of hydrogen-bond donors (Lipinski definition) is 3. The fourth-order valence-corrected chi connectivity index (χ4v) is 3.03. The van der Waals surface area contributed by atoms with Crippen molar-refractivity contribution >= 4 is 5.84 Å². The molecule has 21 heavy (non-hydrogen) atoms. The molecule has 0 atom stereocenters. The number of hydrogen-bond acceptors (Lipinski definition) is 4. The molecular weight excluding hydrogens is 266 g/mol. The van der Waals surface area contributed by atoms with Crippen molar-refractivity contribution in [1.29, 1.82) is 0 Å². The van der Waals surface area contributed by atoms with E-state index in [4.69, 9.17) is 15.7 Å². The standard InChI is InChI=1S/C16H25N3O2/c1-16(7-3-4-8-16)11-18-10-12-5-6-13(15(17)19-20)14(9-12)21-2/h5-6,9,18,20H,3-4,7-8,10-11H2,1-2H3,(H2,17,19). The average Bonchev–Trinajstić information content (AvgIpc) is 2.93. The molecule has 1 aliphatic rings. The Bertz CT molecular complexity index is 508. The third-order valence-electron chi connectivity index (χ3n) is 4.34. The fraction of sp³-hybridized carbons (Fsp3) is 0.562. The summed E-state index contributed by atoms with van der Waals surface area (Å²) in [6.45, 7) is 4.19. The first-order valence-electron chi connectivity index (χ1n) is 7.43. The lowest BCUT2D eigenvalue weighted by atomic mass is 9.89. The topological polar surface area (TPSA) is 79.9 Å². The summed E-state index contributed by atoms with van der Waals surface area (Å²) in [5.74, 6) is 0.682. The minimum Gasteiger partial charge on any atom is -0.496 e. The van der Waals surface area contributed by atoms with Crippen LogP contribution in [0.4, 0.5) is 0 Å². The highest BCUT2D eigenvalue weighted by Crippen LogP contribution is 2.36. The molecule has 116 valence electrons. The van der Waals surface area contributed by atoms with E-state index in [1.165, 1.54) is 25.7 Å². The zero-order chi connectivity index (χ0) is 15.3. The molecule has 0 bridgehead atoms. The normalized spacial score (nSPS) is 17.9. The summed E-state index contributed by atoms with van der Waals surface area (Å²) >= 11 is 0. The molecule has 0 spiro atoms. The quantitative estimate of drug-likeness (QED) is 0.325. The zero-order valence-electron chi connectivity index (χ0n) is 12.9. The zero-order valence-corrected chi connectivity index (χ0v) is 12.9. The number of nitrogens with two attached hydrogens (primary N) is 1. The second-order valence-corrected chi connectivity index (χ2v) is 6.14. The Hall–Kier alpha value is -1.75. The molecule has 5 heteroatoms. The van der Waals surface area contributed by atoms with Crippen LogP contribution in [0.5, 0.6) is 5.75 Å². The first kappa shape index (κ1) is 15.6. The summed E-state index contributed by atoms with van der Waals surface area (Å²) < 4.78 is 5.31. The number of nitrogens with one attached hydrogen (secondary N) is 1. The number of benzene rings is 1. The Morgan fingerprint density at radius 1 is 1.43 bits per heavy atom. The van der Waals surface area contributed by atoms with Gasteiger partial charge in [0.05, 0.1) is 12.7 Å². The van der Waals surface area contributed by atoms with E-state index in [9.17, 15) is 0 Å². The Kier molecular flexibility index (Phi) is 5.07. The van der Waals surface area contributed by atoms with E-state index < -0.39 is 0 Å². The van der Waals surface area contributed by atoms with Gasteiger partial charge in [-0.2, -0.15) is 0 Å². The van der Waals surface area contributed by atoms with Crippen LogP contribution in [-0.2, 0) is 6.54 Å². The second kappa shape index (κ2) is 6.80. The number of oxime groups is 1. The molecule has 0 amide bonds. The molecule has 5 nitrogen and oxygen atoms in total. The molecule has 0 saturated heterocycles. The lowest BCUT2D eigenvalue weighted by Gasteiger charge is -2.24. The van der Waals surface area contributed by atoms with E-state index in [-0.39, 0.29) is 5.84 Å². The first-order chi connectivity index (χ1) is 10.1. The first-order valence-corrected chi connectivity index (χ1v) is 7.43. The molecule has 0 heterocycles. The van der Waals surface area contributed by atoms with Gasteiger partial charge >= 0.3 is 0 Å². The Labute approximate surface area is 126 Å². The van der Waals surface area contributed by atoms with Crippen molar-refractivity contribution < 1.29 is 9.94 Å². The van der Waals surface area contributed by atoms with Crippen molar-refractivity contribution in [3.63, 3.8) is 0 Å². The number of nitrogens with zero attached hydrogens (tertiary/aromatic N) is 1. The molecule has 0 radical (unpaired) electrons. The Morgan fingerprint density at radius 3 is 2.76 bits per heavy atom. The molecule has 0 aliphatic heterocycles. The van der Waals surface area contributed by atoms with Crippen LogP contribution in [0.15, 0.2) is 23.4 Å². The van der Waals surface area contributed by atoms with Crippen molar-refractivity contribution in [3.8, 4) is 5.75 Å². The smallest absolute Gasteiger partial charge is 0.173 e. The molecule has 1 aliphatic carbocycles. The summed E-state index contributed by atoms with van der Waals surface area (Å²) in [7, 11) is 1.58. The maximum atomic E-state index is 8.76. The second-order valence-electron chi connectivity index (χ2n) is 6.14. The van der Waals surface area contributed by atoms with Crippen LogP contribution < -0.4 is 15.8 Å². The third-order valence-corrected chi connectivity index (χ3v) is 4.34. The minimum atomic E-state index is 0.0600. The summed E-state index contributed by atoms with van der Waals surface area (Å²) in [4.78, 5) is 0. The molecule has 1 aromatic carbocycles. The summed E-state index contributed by atoms with van der Waals surface area (Å²) in [5.41, 5.74) is 7.80. The highest BCUT2D eigenvalue weighted by molar-refractivity contribution is 5.99. The van der Waals surface area contributed by atoms with Gasteiger partial charge in [0.2, 0.25) is 0 Å². The van der Waals surface area contributed by atoms with Crippen LogP contribution in [0.25, 0.3) is 0 Å². The van der Waals surface area contributed by atoms with Crippen LogP contribution in [-0.4, -0.2) is 24.7 Å². The molecule has 0 aromatic heterocycles. The Morgan fingerprint density at radius 2 is 2.14 bits per heavy atom. The van der Waals surface area contributed by atoms with Crippen molar-refractivity contribution in [2.24, 2.45) is 16.3 Å². The van der Waals surface area contributed by atoms with E-state index in [1.54, 1.807) is 7.11 Å². The van der Waals surface area contributed by atoms with Crippen LogP contribution in [0.2, 0.25) is 0 Å². The monoisotopic (exact) mass is 291 g/mol. The molecule has 4 N–H and O–H groups in total. The molecule has 2 rings (SSSR count). The largest absolute Gasteiger partial charge is 0.496 e. The van der Waals surface area contributed by atoms with Gasteiger partial charge in [0, 0.05) is 13.1 Å². The van der Waals surface area contributed by atoms with Gasteiger partial charge in [-0.3, -0.25) is 0 Å². The van der Waals surface area contributed by atoms with Gasteiger partial charge in [0.15, 0.2) is 5.84 Å². The van der Waals surface area contributed by atoms with Crippen molar-refractivity contribution in [3.05, 3.63) is 29.3 Å². The number of methoxy groups -OCH3 is 1. The van der Waals surface area contributed by atoms with Gasteiger partial charge < -0.3 is 21.0 Å². The summed E-state index contributed by atoms with van der Waals surface area (Å²) in [5, 5.41) is 15.3. The average molecular weight is 291 g/mol. The lowest BCUT2D eigenvalue weighted by molar-refractivity contribution is 0.314. The fourth-order valence-electron chi connectivity index (χ4n) is 3.03. The molecule has 1 aromatic rings. The van der Waals surface area contributed by atoms with Gasteiger partial charge in [-0.1, -0.05) is 31.0 Å². The van der Waals surface area contributed by atoms with Gasteiger partial charge in [-0.25, -0.2) is 0 Å². The van der Waals surface area contributed by atoms with E-state index >= 15 is 0 Å². The van der Waals surface area contributed by atoms with Crippen molar-refractivity contribution in [2.45, 2.75) is 39.2 Å². The van der Waals surface area contributed by atoms with E-state index in [0.717, 1.165) is 18.7 Å². The van der Waals surface area contributed by atoms with Crippen LogP contribution >= 0.6 is 0 Å². The van der Waals surface area contributed by atoms with Crippen LogP contribution in [0.3, 0.4) is 0 Å². The highest BCUT2D eigenvalue weighted by Gasteiger charge is 2.27. The van der Waals surface area contributed by atoms with Crippen molar-refractivity contribution in [2.75, 3.05) is 13.7 Å². The lowest BCUT2D eigenvalue weighted by Crippen LogP contribution is -2.29. The van der Waals surface area contributed by atoms with Gasteiger partial charge in [0.1, 0.15) is 5.75 Å². The number of amidine groups is 1. The summed E-state index contributed by atoms with van der Waals surface area (Å²) in [6, 6.07) is 5.72. The SMILES string of the molecule is COc1cc(CNCC2(C)CCCC2)ccc1/C(N)=N/O. The Balaban J connectivity index is 1.97. The molecule has 1 saturated carbocycles. The molecule has 1 fully saturated rings. The minimum absolute atomic E-state index is 0.0600. The predicted octanol–water partition coefficient (Wildman–Crippen LogP) is 2.46. The van der Waals surface area contributed by atoms with E-state index in [0.29, 0.717) is 16.7 Å². The molecular formula is C16H25N3O2. The summed E-state index contributed by atoms with van der Waals surface area (Å²) in [6.07, 6.45) is 5.32. The van der Waals surface area contributed by atoms with E-state index in [2.05, 4.69) is 17.4 Å². The number of ether oxygens (including phenoxy) is 1. The number of rotatable bonds is 6. The third kappa shape index (κ3) is 3.88. The van der Waals surface area contributed by atoms with Gasteiger partial charge in [0.25, 0.3) is 0 Å².